The minimum absolute atomic E-state index is 0.0270. The SMILES string of the molecule is Cc1ccc2c(c1)N(C)C(=CC=C1SC(=S)N(C)C1=O)S2. The number of hydrogen-bond acceptors (Lipinski definition) is 5. The van der Waals surface area contributed by atoms with Crippen molar-refractivity contribution in [1.82, 2.24) is 4.90 Å². The summed E-state index contributed by atoms with van der Waals surface area (Å²) in [6, 6.07) is 6.43. The first-order chi connectivity index (χ1) is 9.97. The molecule has 3 rings (SSSR count). The summed E-state index contributed by atoms with van der Waals surface area (Å²) in [7, 11) is 3.75. The van der Waals surface area contributed by atoms with Crippen molar-refractivity contribution in [2.75, 3.05) is 19.0 Å². The Balaban J connectivity index is 1.87. The molecule has 1 aromatic carbocycles. The molecule has 0 bridgehead atoms. The Morgan fingerprint density at radius 2 is 1.90 bits per heavy atom. The van der Waals surface area contributed by atoms with Gasteiger partial charge in [0.25, 0.3) is 5.91 Å². The van der Waals surface area contributed by atoms with Crippen molar-refractivity contribution in [1.29, 1.82) is 0 Å². The van der Waals surface area contributed by atoms with E-state index in [1.807, 2.05) is 19.2 Å². The molecule has 0 N–H and O–H groups in total. The van der Waals surface area contributed by atoms with Crippen LogP contribution >= 0.6 is 35.7 Å². The van der Waals surface area contributed by atoms with Crippen LogP contribution in [0.15, 0.2) is 45.2 Å². The van der Waals surface area contributed by atoms with Crippen LogP contribution in [0, 0.1) is 6.92 Å². The van der Waals surface area contributed by atoms with E-state index < -0.39 is 0 Å². The average molecular weight is 334 g/mol. The molecule has 3 nitrogen and oxygen atoms in total. The second-order valence-corrected chi connectivity index (χ2v) is 7.64. The van der Waals surface area contributed by atoms with E-state index >= 15 is 0 Å². The van der Waals surface area contributed by atoms with E-state index in [0.717, 1.165) is 5.03 Å². The summed E-state index contributed by atoms with van der Waals surface area (Å²) in [6.07, 6.45) is 3.85. The minimum Gasteiger partial charge on any atom is -0.338 e. The first kappa shape index (κ1) is 14.7. The standard InChI is InChI=1S/C15H14N2OS3/c1-9-4-5-11-10(8-9)16(2)13(20-11)7-6-12-14(18)17(3)15(19)21-12/h4-8H,1-3H3. The molecule has 108 valence electrons. The first-order valence-corrected chi connectivity index (χ1v) is 8.45. The maximum Gasteiger partial charge on any atom is 0.265 e. The highest BCUT2D eigenvalue weighted by Gasteiger charge is 2.28. The van der Waals surface area contributed by atoms with E-state index in [4.69, 9.17) is 12.2 Å². The van der Waals surface area contributed by atoms with Gasteiger partial charge in [0.1, 0.15) is 4.32 Å². The van der Waals surface area contributed by atoms with Gasteiger partial charge < -0.3 is 4.90 Å². The number of fused-ring (bicyclic) bond motifs is 1. The highest BCUT2D eigenvalue weighted by Crippen LogP contribution is 2.45. The number of amides is 1. The first-order valence-electron chi connectivity index (χ1n) is 6.41. The van der Waals surface area contributed by atoms with Gasteiger partial charge >= 0.3 is 0 Å². The molecule has 1 aromatic rings. The van der Waals surface area contributed by atoms with Gasteiger partial charge in [-0.2, -0.15) is 0 Å². The smallest absolute Gasteiger partial charge is 0.265 e. The van der Waals surface area contributed by atoms with E-state index in [-0.39, 0.29) is 5.91 Å². The van der Waals surface area contributed by atoms with Gasteiger partial charge in [-0.25, -0.2) is 0 Å². The fraction of sp³-hybridized carbons (Fsp3) is 0.200. The Bertz CT molecular complexity index is 709. The van der Waals surface area contributed by atoms with Crippen molar-refractivity contribution in [3.8, 4) is 0 Å². The Morgan fingerprint density at radius 3 is 2.57 bits per heavy atom. The van der Waals surface area contributed by atoms with Gasteiger partial charge in [0.05, 0.1) is 15.6 Å². The number of anilines is 1. The number of thiocarbonyl (C=S) groups is 1. The average Bonchev–Trinajstić information content (AvgIpc) is 2.89. The van der Waals surface area contributed by atoms with Crippen molar-refractivity contribution in [3.05, 3.63) is 45.8 Å². The lowest BCUT2D eigenvalue weighted by Crippen LogP contribution is -2.22. The van der Waals surface area contributed by atoms with Crippen molar-refractivity contribution in [3.63, 3.8) is 0 Å². The normalized spacial score (nSPS) is 21.9. The van der Waals surface area contributed by atoms with E-state index in [0.29, 0.717) is 9.23 Å². The van der Waals surface area contributed by atoms with E-state index in [2.05, 4.69) is 30.0 Å². The monoisotopic (exact) mass is 334 g/mol. The highest BCUT2D eigenvalue weighted by molar-refractivity contribution is 8.26. The summed E-state index contributed by atoms with van der Waals surface area (Å²) in [6.45, 7) is 2.09. The summed E-state index contributed by atoms with van der Waals surface area (Å²) >= 11 is 8.19. The van der Waals surface area contributed by atoms with Crippen LogP contribution in [0.4, 0.5) is 5.69 Å². The second kappa shape index (κ2) is 5.51. The Morgan fingerprint density at radius 1 is 1.14 bits per heavy atom. The lowest BCUT2D eigenvalue weighted by Gasteiger charge is -2.13. The molecular weight excluding hydrogens is 320 g/mol. The van der Waals surface area contributed by atoms with Gasteiger partial charge in [-0.15, -0.1) is 0 Å². The van der Waals surface area contributed by atoms with Gasteiger partial charge in [0.15, 0.2) is 0 Å². The van der Waals surface area contributed by atoms with Crippen LogP contribution in [0.3, 0.4) is 0 Å². The second-order valence-electron chi connectivity index (χ2n) is 4.90. The van der Waals surface area contributed by atoms with Crippen LogP contribution < -0.4 is 4.90 Å². The minimum atomic E-state index is -0.0270. The molecule has 0 unspecified atom stereocenters. The van der Waals surface area contributed by atoms with Crippen LogP contribution in [0.2, 0.25) is 0 Å². The maximum absolute atomic E-state index is 12.0. The summed E-state index contributed by atoms with van der Waals surface area (Å²) in [5.41, 5.74) is 2.46. The van der Waals surface area contributed by atoms with Gasteiger partial charge in [-0.3, -0.25) is 9.69 Å². The molecule has 1 saturated heterocycles. The summed E-state index contributed by atoms with van der Waals surface area (Å²) in [5, 5.41) is 1.11. The molecule has 0 aliphatic carbocycles. The number of thioether (sulfide) groups is 2. The maximum atomic E-state index is 12.0. The fourth-order valence-corrected chi connectivity index (χ4v) is 4.28. The van der Waals surface area contributed by atoms with Crippen LogP contribution in [0.25, 0.3) is 0 Å². The van der Waals surface area contributed by atoms with Crippen LogP contribution in [0.5, 0.6) is 0 Å². The van der Waals surface area contributed by atoms with Gasteiger partial charge in [-0.05, 0) is 36.8 Å². The number of aryl methyl sites for hydroxylation is 1. The van der Waals surface area contributed by atoms with E-state index in [1.54, 1.807) is 18.8 Å². The van der Waals surface area contributed by atoms with Gasteiger partial charge in [-0.1, -0.05) is 41.8 Å². The predicted octanol–water partition coefficient (Wildman–Crippen LogP) is 3.75. The molecule has 1 amide bonds. The lowest BCUT2D eigenvalue weighted by molar-refractivity contribution is -0.121. The molecule has 0 atom stereocenters. The highest BCUT2D eigenvalue weighted by atomic mass is 32.2. The van der Waals surface area contributed by atoms with Crippen LogP contribution in [0.1, 0.15) is 5.56 Å². The Labute approximate surface area is 138 Å². The molecule has 1 fully saturated rings. The largest absolute Gasteiger partial charge is 0.338 e. The zero-order valence-electron chi connectivity index (χ0n) is 11.9. The third kappa shape index (κ3) is 2.63. The third-order valence-corrected chi connectivity index (χ3v) is 6.07. The van der Waals surface area contributed by atoms with Crippen molar-refractivity contribution < 1.29 is 4.79 Å². The van der Waals surface area contributed by atoms with E-state index in [9.17, 15) is 4.79 Å². The molecule has 0 spiro atoms. The van der Waals surface area contributed by atoms with Crippen molar-refractivity contribution >= 4 is 51.7 Å². The molecule has 21 heavy (non-hydrogen) atoms. The molecule has 6 heteroatoms. The Kier molecular flexibility index (Phi) is 3.86. The number of allylic oxidation sites excluding steroid dienone is 2. The summed E-state index contributed by atoms with van der Waals surface area (Å²) in [5.74, 6) is -0.0270. The van der Waals surface area contributed by atoms with Crippen molar-refractivity contribution in [2.24, 2.45) is 0 Å². The molecule has 2 heterocycles. The van der Waals surface area contributed by atoms with Crippen molar-refractivity contribution in [2.45, 2.75) is 11.8 Å². The zero-order chi connectivity index (χ0) is 15.1. The van der Waals surface area contributed by atoms with Gasteiger partial charge in [0, 0.05) is 19.0 Å². The summed E-state index contributed by atoms with van der Waals surface area (Å²) in [4.78, 5) is 17.5. The molecule has 0 aromatic heterocycles. The molecule has 2 aliphatic heterocycles. The van der Waals surface area contributed by atoms with Gasteiger partial charge in [0.2, 0.25) is 0 Å². The number of hydrogen-bond donors (Lipinski definition) is 0. The zero-order valence-corrected chi connectivity index (χ0v) is 14.4. The quantitative estimate of drug-likeness (QED) is 0.575. The molecular formula is C15H14N2OS3. The van der Waals surface area contributed by atoms with E-state index in [1.165, 1.54) is 32.8 Å². The molecule has 2 aliphatic rings. The molecule has 0 radical (unpaired) electrons. The number of carbonyl (C=O) groups is 1. The Hall–Kier alpha value is -1.24. The fourth-order valence-electron chi connectivity index (χ4n) is 2.13. The lowest BCUT2D eigenvalue weighted by atomic mass is 10.2. The third-order valence-electron chi connectivity index (χ3n) is 3.38. The number of likely N-dealkylation sites (N-methyl/N-ethyl adjacent to an activating group) is 1. The number of carbonyl (C=O) groups excluding carboxylic acids is 1. The predicted molar refractivity (Wildman–Crippen MR) is 94.6 cm³/mol. The molecule has 0 saturated carbocycles. The topological polar surface area (TPSA) is 23.6 Å². The number of nitrogens with zero attached hydrogens (tertiary/aromatic N) is 2. The van der Waals surface area contributed by atoms with Crippen LogP contribution in [-0.2, 0) is 4.79 Å². The summed E-state index contributed by atoms with van der Waals surface area (Å²) < 4.78 is 0.607. The van der Waals surface area contributed by atoms with Crippen LogP contribution in [-0.4, -0.2) is 29.2 Å². The number of rotatable bonds is 1. The number of benzene rings is 1.